The number of rotatable bonds is 2. The summed E-state index contributed by atoms with van der Waals surface area (Å²) in [6.07, 6.45) is 0.315. The molecule has 0 radical (unpaired) electrons. The van der Waals surface area contributed by atoms with Crippen LogP contribution in [-0.4, -0.2) is 21.2 Å². The number of nitrogens with one attached hydrogen (secondary N) is 1. The van der Waals surface area contributed by atoms with Crippen molar-refractivity contribution in [1.82, 2.24) is 9.55 Å². The third kappa shape index (κ3) is 2.23. The molecule has 1 unspecified atom stereocenters. The third-order valence-corrected chi connectivity index (χ3v) is 4.33. The number of amides is 1. The summed E-state index contributed by atoms with van der Waals surface area (Å²) in [5.74, 6) is -0.927. The average molecular weight is 320 g/mol. The van der Waals surface area contributed by atoms with Crippen molar-refractivity contribution in [2.45, 2.75) is 18.9 Å². The number of nitrogen functional groups attached to an aromatic ring is 1. The van der Waals surface area contributed by atoms with Crippen molar-refractivity contribution < 1.29 is 9.59 Å². The van der Waals surface area contributed by atoms with Gasteiger partial charge >= 0.3 is 0 Å². The van der Waals surface area contributed by atoms with Crippen molar-refractivity contribution in [3.05, 3.63) is 54.4 Å². The van der Waals surface area contributed by atoms with Gasteiger partial charge in [-0.3, -0.25) is 9.59 Å². The van der Waals surface area contributed by atoms with Crippen LogP contribution in [0.15, 0.2) is 48.5 Å². The van der Waals surface area contributed by atoms with Gasteiger partial charge in [-0.05, 0) is 24.3 Å². The largest absolute Gasteiger partial charge is 0.397 e. The number of imidazole rings is 1. The van der Waals surface area contributed by atoms with Crippen molar-refractivity contribution in [2.24, 2.45) is 0 Å². The molecule has 4 rings (SSSR count). The average Bonchev–Trinajstić information content (AvgIpc) is 2.95. The second kappa shape index (κ2) is 5.49. The first-order valence-corrected chi connectivity index (χ1v) is 7.78. The maximum Gasteiger partial charge on any atom is 0.242 e. The van der Waals surface area contributed by atoms with E-state index in [9.17, 15) is 9.59 Å². The number of fused-ring (bicyclic) bond motifs is 3. The molecule has 2 aromatic carbocycles. The number of anilines is 2. The number of nitrogens with zero attached hydrogens (tertiary/aromatic N) is 2. The van der Waals surface area contributed by atoms with Gasteiger partial charge in [0, 0.05) is 13.0 Å². The number of hydrogen-bond donors (Lipinski definition) is 2. The predicted molar refractivity (Wildman–Crippen MR) is 91.6 cm³/mol. The molecule has 2 heterocycles. The fraction of sp³-hybridized carbons (Fsp3) is 0.167. The van der Waals surface area contributed by atoms with E-state index in [2.05, 4.69) is 10.3 Å². The van der Waals surface area contributed by atoms with Crippen LogP contribution >= 0.6 is 0 Å². The molecule has 0 bridgehead atoms. The first kappa shape index (κ1) is 14.4. The minimum absolute atomic E-state index is 0.121. The van der Waals surface area contributed by atoms with Crippen LogP contribution in [0.1, 0.15) is 18.2 Å². The SMILES string of the molecule is Nc1ccccc1NC(=O)C1C(=O)CCn2c1nc1ccccc12. The summed E-state index contributed by atoms with van der Waals surface area (Å²) in [5, 5.41) is 2.76. The smallest absolute Gasteiger partial charge is 0.242 e. The van der Waals surface area contributed by atoms with E-state index in [1.54, 1.807) is 24.3 Å². The zero-order valence-electron chi connectivity index (χ0n) is 12.9. The van der Waals surface area contributed by atoms with Gasteiger partial charge in [0.25, 0.3) is 0 Å². The first-order chi connectivity index (χ1) is 11.6. The van der Waals surface area contributed by atoms with Crippen LogP contribution in [-0.2, 0) is 16.1 Å². The highest BCUT2D eigenvalue weighted by Gasteiger charge is 2.36. The van der Waals surface area contributed by atoms with Crippen molar-refractivity contribution in [3.63, 3.8) is 0 Å². The Balaban J connectivity index is 1.74. The number of carbonyl (C=O) groups excluding carboxylic acids is 2. The first-order valence-electron chi connectivity index (χ1n) is 7.78. The highest BCUT2D eigenvalue weighted by molar-refractivity contribution is 6.12. The lowest BCUT2D eigenvalue weighted by Crippen LogP contribution is -2.34. The zero-order valence-corrected chi connectivity index (χ0v) is 12.9. The number of hydrogen-bond acceptors (Lipinski definition) is 4. The van der Waals surface area contributed by atoms with Crippen LogP contribution in [0.3, 0.4) is 0 Å². The number of carbonyl (C=O) groups is 2. The normalized spacial score (nSPS) is 16.8. The van der Waals surface area contributed by atoms with Crippen LogP contribution in [0.4, 0.5) is 11.4 Å². The number of ketones is 1. The molecule has 6 nitrogen and oxygen atoms in total. The molecule has 3 N–H and O–H groups in total. The van der Waals surface area contributed by atoms with E-state index in [0.29, 0.717) is 30.2 Å². The van der Waals surface area contributed by atoms with E-state index >= 15 is 0 Å². The summed E-state index contributed by atoms with van der Waals surface area (Å²) in [6.45, 7) is 0.548. The molecule has 6 heteroatoms. The van der Waals surface area contributed by atoms with E-state index < -0.39 is 11.8 Å². The highest BCUT2D eigenvalue weighted by atomic mass is 16.2. The van der Waals surface area contributed by atoms with E-state index in [-0.39, 0.29) is 5.78 Å². The lowest BCUT2D eigenvalue weighted by atomic mass is 9.96. The van der Waals surface area contributed by atoms with Gasteiger partial charge in [0.05, 0.1) is 22.4 Å². The quantitative estimate of drug-likeness (QED) is 0.560. The van der Waals surface area contributed by atoms with Gasteiger partial charge in [-0.15, -0.1) is 0 Å². The lowest BCUT2D eigenvalue weighted by molar-refractivity contribution is -0.128. The molecule has 1 atom stereocenters. The van der Waals surface area contributed by atoms with Crippen LogP contribution in [0.25, 0.3) is 11.0 Å². The fourth-order valence-electron chi connectivity index (χ4n) is 3.14. The number of aryl methyl sites for hydroxylation is 1. The van der Waals surface area contributed by atoms with E-state index in [1.807, 2.05) is 28.8 Å². The Morgan fingerprint density at radius 3 is 2.75 bits per heavy atom. The third-order valence-electron chi connectivity index (χ3n) is 4.33. The molecule has 120 valence electrons. The van der Waals surface area contributed by atoms with Crippen molar-refractivity contribution in [1.29, 1.82) is 0 Å². The molecule has 24 heavy (non-hydrogen) atoms. The number of para-hydroxylation sites is 4. The summed E-state index contributed by atoms with van der Waals surface area (Å²) < 4.78 is 1.95. The summed E-state index contributed by atoms with van der Waals surface area (Å²) in [5.41, 5.74) is 8.57. The van der Waals surface area contributed by atoms with Gasteiger partial charge < -0.3 is 15.6 Å². The van der Waals surface area contributed by atoms with Crippen molar-refractivity contribution >= 4 is 34.1 Å². The van der Waals surface area contributed by atoms with Crippen molar-refractivity contribution in [3.8, 4) is 0 Å². The number of aromatic nitrogens is 2. The molecule has 0 aliphatic carbocycles. The number of Topliss-reactive ketones (excluding diaryl/α,β-unsaturated/α-hetero) is 1. The summed E-state index contributed by atoms with van der Waals surface area (Å²) >= 11 is 0. The molecule has 0 spiro atoms. The Bertz CT molecular complexity index is 961. The summed E-state index contributed by atoms with van der Waals surface area (Å²) in [6, 6.07) is 14.6. The molecule has 0 fully saturated rings. The molecular formula is C18H16N4O2. The molecule has 1 aliphatic rings. The molecule has 0 saturated carbocycles. The Labute approximate surface area is 138 Å². The number of benzene rings is 2. The van der Waals surface area contributed by atoms with Gasteiger partial charge in [0.2, 0.25) is 5.91 Å². The maximum atomic E-state index is 12.7. The van der Waals surface area contributed by atoms with Gasteiger partial charge in [-0.25, -0.2) is 4.98 Å². The Hall–Kier alpha value is -3.15. The molecule has 1 aliphatic heterocycles. The van der Waals surface area contributed by atoms with E-state index in [4.69, 9.17) is 5.73 Å². The second-order valence-corrected chi connectivity index (χ2v) is 5.84. The standard InChI is InChI=1S/C18H16N4O2/c19-11-5-1-2-6-12(11)21-18(24)16-15(23)9-10-22-14-8-4-3-7-13(14)20-17(16)22/h1-8,16H,9-10,19H2,(H,21,24). The highest BCUT2D eigenvalue weighted by Crippen LogP contribution is 2.30. The number of nitrogens with two attached hydrogens (primary N) is 1. The van der Waals surface area contributed by atoms with Crippen molar-refractivity contribution in [2.75, 3.05) is 11.1 Å². The van der Waals surface area contributed by atoms with Crippen LogP contribution in [0.2, 0.25) is 0 Å². The summed E-state index contributed by atoms with van der Waals surface area (Å²) in [4.78, 5) is 29.7. The Morgan fingerprint density at radius 2 is 1.92 bits per heavy atom. The van der Waals surface area contributed by atoms with Crippen LogP contribution in [0, 0.1) is 0 Å². The van der Waals surface area contributed by atoms with Gasteiger partial charge in [-0.2, -0.15) is 0 Å². The van der Waals surface area contributed by atoms with E-state index in [1.165, 1.54) is 0 Å². The molecule has 1 aromatic heterocycles. The van der Waals surface area contributed by atoms with Crippen LogP contribution in [0.5, 0.6) is 0 Å². The van der Waals surface area contributed by atoms with Crippen LogP contribution < -0.4 is 11.1 Å². The topological polar surface area (TPSA) is 90.0 Å². The maximum absolute atomic E-state index is 12.7. The Morgan fingerprint density at radius 1 is 1.17 bits per heavy atom. The lowest BCUT2D eigenvalue weighted by Gasteiger charge is -2.22. The fourth-order valence-corrected chi connectivity index (χ4v) is 3.14. The minimum Gasteiger partial charge on any atom is -0.397 e. The summed E-state index contributed by atoms with van der Waals surface area (Å²) in [7, 11) is 0. The Kier molecular flexibility index (Phi) is 3.30. The zero-order chi connectivity index (χ0) is 16.7. The van der Waals surface area contributed by atoms with E-state index in [0.717, 1.165) is 11.0 Å². The molecular weight excluding hydrogens is 304 g/mol. The van der Waals surface area contributed by atoms with Gasteiger partial charge in [0.1, 0.15) is 5.82 Å². The minimum atomic E-state index is -0.911. The van der Waals surface area contributed by atoms with Gasteiger partial charge in [0.15, 0.2) is 11.7 Å². The van der Waals surface area contributed by atoms with Gasteiger partial charge in [-0.1, -0.05) is 24.3 Å². The molecule has 0 saturated heterocycles. The molecule has 3 aromatic rings. The molecule has 1 amide bonds. The predicted octanol–water partition coefficient (Wildman–Crippen LogP) is 2.31. The second-order valence-electron chi connectivity index (χ2n) is 5.84. The monoisotopic (exact) mass is 320 g/mol.